The molecule has 4 rings (SSSR count). The summed E-state index contributed by atoms with van der Waals surface area (Å²) < 4.78 is 0. The van der Waals surface area contributed by atoms with Crippen LogP contribution in [-0.2, 0) is 6.42 Å². The molecular formula is C15H14ClN5. The van der Waals surface area contributed by atoms with E-state index in [0.717, 1.165) is 30.8 Å². The van der Waals surface area contributed by atoms with Gasteiger partial charge in [0.1, 0.15) is 11.9 Å². The number of pyridine rings is 1. The number of aryl methyl sites for hydroxylation is 1. The van der Waals surface area contributed by atoms with E-state index in [1.165, 1.54) is 11.3 Å². The summed E-state index contributed by atoms with van der Waals surface area (Å²) in [5, 5.41) is 16.9. The van der Waals surface area contributed by atoms with Crippen LogP contribution < -0.4 is 4.90 Å². The van der Waals surface area contributed by atoms with Gasteiger partial charge in [0.2, 0.25) is 0 Å². The Kier molecular flexibility index (Phi) is 2.69. The van der Waals surface area contributed by atoms with Gasteiger partial charge in [0.15, 0.2) is 0 Å². The fourth-order valence-electron chi connectivity index (χ4n) is 3.58. The molecule has 2 aromatic rings. The summed E-state index contributed by atoms with van der Waals surface area (Å²) >= 11 is 6.39. The lowest BCUT2D eigenvalue weighted by atomic mass is 10.00. The fourth-order valence-corrected chi connectivity index (χ4v) is 3.83. The Hall–Kier alpha value is -2.06. The van der Waals surface area contributed by atoms with Crippen LogP contribution in [0.3, 0.4) is 0 Å². The number of anilines is 1. The molecule has 2 aliphatic heterocycles. The van der Waals surface area contributed by atoms with E-state index in [0.29, 0.717) is 16.6 Å². The van der Waals surface area contributed by atoms with Crippen molar-refractivity contribution < 1.29 is 0 Å². The summed E-state index contributed by atoms with van der Waals surface area (Å²) in [5.74, 6) is 0.799. The fraction of sp³-hybridized carbons (Fsp3) is 0.400. The van der Waals surface area contributed by atoms with E-state index < -0.39 is 0 Å². The molecule has 6 heteroatoms. The number of fused-ring (bicyclic) bond motifs is 4. The summed E-state index contributed by atoms with van der Waals surface area (Å²) in [5.41, 5.74) is 3.76. The van der Waals surface area contributed by atoms with E-state index in [9.17, 15) is 0 Å². The highest BCUT2D eigenvalue weighted by Gasteiger charge is 2.42. The number of halogens is 1. The van der Waals surface area contributed by atoms with Gasteiger partial charge in [-0.2, -0.15) is 10.4 Å². The standard InChI is InChI=1S/C15H14ClN5/c1-8-9(6-17)4-12(16)15(19-8)21-10-2-3-14(21)11-7-18-20-13(11)5-10/h4,7,10,14H,2-3,5H2,1H3,(H,18,20). The van der Waals surface area contributed by atoms with Crippen LogP contribution in [0.15, 0.2) is 12.3 Å². The highest BCUT2D eigenvalue weighted by Crippen LogP contribution is 2.46. The molecule has 21 heavy (non-hydrogen) atoms. The molecule has 2 bridgehead atoms. The quantitative estimate of drug-likeness (QED) is 0.879. The molecular weight excluding hydrogens is 286 g/mol. The molecule has 0 aliphatic carbocycles. The second kappa shape index (κ2) is 4.47. The maximum atomic E-state index is 9.09. The minimum Gasteiger partial charge on any atom is -0.345 e. The molecule has 2 unspecified atom stereocenters. The maximum absolute atomic E-state index is 9.09. The number of nitrogens with one attached hydrogen (secondary N) is 1. The Morgan fingerprint density at radius 3 is 3.14 bits per heavy atom. The van der Waals surface area contributed by atoms with E-state index in [4.69, 9.17) is 16.9 Å². The predicted molar refractivity (Wildman–Crippen MR) is 79.2 cm³/mol. The van der Waals surface area contributed by atoms with Crippen LogP contribution >= 0.6 is 11.6 Å². The zero-order valence-corrected chi connectivity index (χ0v) is 12.4. The number of H-pyrrole nitrogens is 1. The van der Waals surface area contributed by atoms with Crippen LogP contribution in [0.5, 0.6) is 0 Å². The third-order valence-electron chi connectivity index (χ3n) is 4.57. The van der Waals surface area contributed by atoms with Gasteiger partial charge >= 0.3 is 0 Å². The largest absolute Gasteiger partial charge is 0.345 e. The Labute approximate surface area is 127 Å². The minimum atomic E-state index is 0.287. The van der Waals surface area contributed by atoms with Crippen LogP contribution in [0.4, 0.5) is 5.82 Å². The minimum absolute atomic E-state index is 0.287. The monoisotopic (exact) mass is 299 g/mol. The molecule has 106 valence electrons. The molecule has 0 amide bonds. The first-order valence-corrected chi connectivity index (χ1v) is 7.44. The van der Waals surface area contributed by atoms with Crippen molar-refractivity contribution in [1.29, 1.82) is 5.26 Å². The van der Waals surface area contributed by atoms with Gasteiger partial charge in [-0.3, -0.25) is 5.10 Å². The average Bonchev–Trinajstić information content (AvgIpc) is 3.06. The molecule has 0 aromatic carbocycles. The maximum Gasteiger partial charge on any atom is 0.148 e. The van der Waals surface area contributed by atoms with Gasteiger partial charge in [-0.25, -0.2) is 4.98 Å². The molecule has 0 spiro atoms. The van der Waals surface area contributed by atoms with E-state index in [1.54, 1.807) is 6.07 Å². The Morgan fingerprint density at radius 1 is 1.48 bits per heavy atom. The molecule has 1 N–H and O–H groups in total. The van der Waals surface area contributed by atoms with Crippen molar-refractivity contribution in [1.82, 2.24) is 15.2 Å². The molecule has 4 heterocycles. The van der Waals surface area contributed by atoms with Crippen molar-refractivity contribution >= 4 is 17.4 Å². The van der Waals surface area contributed by atoms with Crippen molar-refractivity contribution in [3.8, 4) is 6.07 Å². The van der Waals surface area contributed by atoms with Gasteiger partial charge in [0.25, 0.3) is 0 Å². The van der Waals surface area contributed by atoms with E-state index >= 15 is 0 Å². The predicted octanol–water partition coefficient (Wildman–Crippen LogP) is 2.90. The van der Waals surface area contributed by atoms with Crippen molar-refractivity contribution in [2.75, 3.05) is 4.90 Å². The highest BCUT2D eigenvalue weighted by atomic mass is 35.5. The molecule has 2 atom stereocenters. The molecule has 2 aliphatic rings. The summed E-state index contributed by atoms with van der Waals surface area (Å²) in [6, 6.07) is 4.55. The SMILES string of the molecule is Cc1nc(N2C3CCC2c2cn[nH]c2C3)c(Cl)cc1C#N. The number of aromatic amines is 1. The smallest absolute Gasteiger partial charge is 0.148 e. The number of rotatable bonds is 1. The average molecular weight is 300 g/mol. The molecule has 1 fully saturated rings. The molecule has 0 radical (unpaired) electrons. The van der Waals surface area contributed by atoms with Gasteiger partial charge in [0.05, 0.1) is 28.5 Å². The first-order valence-electron chi connectivity index (χ1n) is 7.06. The lowest BCUT2D eigenvalue weighted by Gasteiger charge is -2.36. The van der Waals surface area contributed by atoms with Crippen LogP contribution in [0.2, 0.25) is 5.02 Å². The number of hydrogen-bond donors (Lipinski definition) is 1. The van der Waals surface area contributed by atoms with Crippen molar-refractivity contribution in [3.63, 3.8) is 0 Å². The molecule has 1 saturated heterocycles. The van der Waals surface area contributed by atoms with Gasteiger partial charge in [-0.15, -0.1) is 0 Å². The van der Waals surface area contributed by atoms with Crippen molar-refractivity contribution in [3.05, 3.63) is 39.8 Å². The summed E-state index contributed by atoms with van der Waals surface area (Å²) in [6.45, 7) is 1.85. The Bertz CT molecular complexity index is 760. The second-order valence-corrected chi connectivity index (χ2v) is 6.11. The number of nitrogens with zero attached hydrogens (tertiary/aromatic N) is 4. The second-order valence-electron chi connectivity index (χ2n) is 5.70. The van der Waals surface area contributed by atoms with Gasteiger partial charge in [-0.1, -0.05) is 11.6 Å². The Morgan fingerprint density at radius 2 is 2.33 bits per heavy atom. The van der Waals surface area contributed by atoms with Crippen LogP contribution in [0.1, 0.15) is 41.4 Å². The van der Waals surface area contributed by atoms with Crippen LogP contribution in [-0.4, -0.2) is 21.2 Å². The zero-order chi connectivity index (χ0) is 14.6. The number of aromatic nitrogens is 3. The summed E-state index contributed by atoms with van der Waals surface area (Å²) in [7, 11) is 0. The third kappa shape index (κ3) is 1.76. The topological polar surface area (TPSA) is 68.6 Å². The molecule has 0 saturated carbocycles. The van der Waals surface area contributed by atoms with E-state index in [1.807, 2.05) is 13.1 Å². The van der Waals surface area contributed by atoms with E-state index in [2.05, 4.69) is 26.2 Å². The first-order chi connectivity index (χ1) is 10.2. The van der Waals surface area contributed by atoms with Crippen LogP contribution in [0.25, 0.3) is 0 Å². The normalized spacial score (nSPS) is 23.0. The lowest BCUT2D eigenvalue weighted by molar-refractivity contribution is 0.585. The summed E-state index contributed by atoms with van der Waals surface area (Å²) in [4.78, 5) is 6.92. The molecule has 2 aromatic heterocycles. The highest BCUT2D eigenvalue weighted by molar-refractivity contribution is 6.33. The van der Waals surface area contributed by atoms with Gasteiger partial charge in [0, 0.05) is 23.7 Å². The van der Waals surface area contributed by atoms with E-state index in [-0.39, 0.29) is 6.04 Å². The van der Waals surface area contributed by atoms with Crippen molar-refractivity contribution in [2.24, 2.45) is 0 Å². The zero-order valence-electron chi connectivity index (χ0n) is 11.6. The summed E-state index contributed by atoms with van der Waals surface area (Å²) in [6.07, 6.45) is 5.08. The number of hydrogen-bond acceptors (Lipinski definition) is 4. The number of nitriles is 1. The molecule has 5 nitrogen and oxygen atoms in total. The Balaban J connectivity index is 1.82. The first kappa shape index (κ1) is 12.7. The van der Waals surface area contributed by atoms with Gasteiger partial charge < -0.3 is 4.90 Å². The van der Waals surface area contributed by atoms with Crippen LogP contribution in [0, 0.1) is 18.3 Å². The third-order valence-corrected chi connectivity index (χ3v) is 4.84. The lowest BCUT2D eigenvalue weighted by Crippen LogP contribution is -2.38. The van der Waals surface area contributed by atoms with Crippen molar-refractivity contribution in [2.45, 2.75) is 38.3 Å². The van der Waals surface area contributed by atoms with Gasteiger partial charge in [-0.05, 0) is 25.8 Å².